The van der Waals surface area contributed by atoms with Crippen LogP contribution in [0.15, 0.2) is 17.2 Å². The first-order valence-corrected chi connectivity index (χ1v) is 5.69. The van der Waals surface area contributed by atoms with Gasteiger partial charge >= 0.3 is 0 Å². The number of hydrogen-bond acceptors (Lipinski definition) is 3. The summed E-state index contributed by atoms with van der Waals surface area (Å²) in [6.45, 7) is 0. The Morgan fingerprint density at radius 2 is 2.00 bits per heavy atom. The Labute approximate surface area is 88.3 Å². The Bertz CT molecular complexity index is 487. The van der Waals surface area contributed by atoms with Crippen LogP contribution in [0.2, 0.25) is 0 Å². The summed E-state index contributed by atoms with van der Waals surface area (Å²) in [7, 11) is 0.817. The zero-order valence-electron chi connectivity index (χ0n) is 8.76. The van der Waals surface area contributed by atoms with Crippen molar-refractivity contribution in [3.63, 3.8) is 0 Å². The number of aromatic nitrogens is 1. The second-order valence-corrected chi connectivity index (χ2v) is 4.91. The third kappa shape index (κ3) is 2.18. The van der Waals surface area contributed by atoms with Crippen molar-refractivity contribution in [2.24, 2.45) is 12.2 Å². The molecule has 0 spiro atoms. The summed E-state index contributed by atoms with van der Waals surface area (Å²) in [5.41, 5.74) is 0.0718. The Morgan fingerprint density at radius 3 is 2.40 bits per heavy atom. The molecule has 1 amide bonds. The van der Waals surface area contributed by atoms with E-state index in [1.54, 1.807) is 21.1 Å². The van der Waals surface area contributed by atoms with Crippen LogP contribution in [0, 0.1) is 0 Å². The maximum Gasteiger partial charge on any atom is 0.271 e. The lowest BCUT2D eigenvalue weighted by Gasteiger charge is -2.12. The fourth-order valence-corrected chi connectivity index (χ4v) is 1.96. The number of aryl methyl sites for hydroxylation is 1. The average molecular weight is 231 g/mol. The number of sulfonamides is 1. The average Bonchev–Trinajstić information content (AvgIpc) is 2.44. The van der Waals surface area contributed by atoms with Gasteiger partial charge in [-0.05, 0) is 6.07 Å². The standard InChI is InChI=1S/C8H13N3O3S/c1-10(2)8(12)7-6(15(9,13)14)4-5-11(7)3/h4-5H,1-3H3,(H2,9,13,14). The summed E-state index contributed by atoms with van der Waals surface area (Å²) in [6.07, 6.45) is 1.48. The highest BCUT2D eigenvalue weighted by Gasteiger charge is 2.23. The highest BCUT2D eigenvalue weighted by Crippen LogP contribution is 2.16. The minimum absolute atomic E-state index is 0.0718. The van der Waals surface area contributed by atoms with Crippen molar-refractivity contribution >= 4 is 15.9 Å². The molecule has 1 aromatic rings. The predicted molar refractivity (Wildman–Crippen MR) is 54.8 cm³/mol. The molecule has 0 atom stereocenters. The maximum atomic E-state index is 11.7. The van der Waals surface area contributed by atoms with E-state index >= 15 is 0 Å². The molecular weight excluding hydrogens is 218 g/mol. The number of primary sulfonamides is 1. The van der Waals surface area contributed by atoms with Crippen LogP contribution < -0.4 is 5.14 Å². The van der Waals surface area contributed by atoms with Gasteiger partial charge in [-0.1, -0.05) is 0 Å². The zero-order chi connectivity index (χ0) is 11.8. The minimum atomic E-state index is -3.86. The van der Waals surface area contributed by atoms with Gasteiger partial charge in [-0.25, -0.2) is 13.6 Å². The molecule has 0 saturated heterocycles. The Balaban J connectivity index is 3.41. The van der Waals surface area contributed by atoms with Crippen LogP contribution in [-0.4, -0.2) is 37.9 Å². The third-order valence-corrected chi connectivity index (χ3v) is 2.89. The van der Waals surface area contributed by atoms with Crippen LogP contribution in [-0.2, 0) is 17.1 Å². The van der Waals surface area contributed by atoms with E-state index in [0.29, 0.717) is 0 Å². The molecule has 7 heteroatoms. The van der Waals surface area contributed by atoms with Gasteiger partial charge in [-0.3, -0.25) is 4.79 Å². The Morgan fingerprint density at radius 1 is 1.47 bits per heavy atom. The Kier molecular flexibility index (Phi) is 2.87. The van der Waals surface area contributed by atoms with Crippen molar-refractivity contribution in [3.05, 3.63) is 18.0 Å². The molecule has 1 heterocycles. The lowest BCUT2D eigenvalue weighted by Crippen LogP contribution is -2.27. The maximum absolute atomic E-state index is 11.7. The number of nitrogens with two attached hydrogens (primary N) is 1. The van der Waals surface area contributed by atoms with Gasteiger partial charge in [0.05, 0.1) is 0 Å². The molecular formula is C8H13N3O3S. The van der Waals surface area contributed by atoms with Gasteiger partial charge < -0.3 is 9.47 Å². The molecule has 0 unspecified atom stereocenters. The molecule has 0 saturated carbocycles. The quantitative estimate of drug-likeness (QED) is 0.735. The van der Waals surface area contributed by atoms with Gasteiger partial charge in [-0.15, -0.1) is 0 Å². The topological polar surface area (TPSA) is 85.4 Å². The first-order chi connectivity index (χ1) is 6.75. The second-order valence-electron chi connectivity index (χ2n) is 3.38. The molecule has 0 aliphatic carbocycles. The number of hydrogen-bond donors (Lipinski definition) is 1. The number of rotatable bonds is 2. The smallest absolute Gasteiger partial charge is 0.271 e. The molecule has 0 radical (unpaired) electrons. The van der Waals surface area contributed by atoms with Gasteiger partial charge in [0.15, 0.2) is 0 Å². The number of nitrogens with zero attached hydrogens (tertiary/aromatic N) is 2. The van der Waals surface area contributed by atoms with Crippen molar-refractivity contribution in [3.8, 4) is 0 Å². The van der Waals surface area contributed by atoms with Crippen molar-refractivity contribution in [2.75, 3.05) is 14.1 Å². The molecule has 6 nitrogen and oxygen atoms in total. The first kappa shape index (κ1) is 11.7. The van der Waals surface area contributed by atoms with Crippen LogP contribution >= 0.6 is 0 Å². The van der Waals surface area contributed by atoms with Crippen LogP contribution in [0.3, 0.4) is 0 Å². The van der Waals surface area contributed by atoms with Crippen molar-refractivity contribution in [2.45, 2.75) is 4.90 Å². The van der Waals surface area contributed by atoms with Gasteiger partial charge in [0.2, 0.25) is 10.0 Å². The van der Waals surface area contributed by atoms with Gasteiger partial charge in [-0.2, -0.15) is 0 Å². The lowest BCUT2D eigenvalue weighted by atomic mass is 10.4. The monoisotopic (exact) mass is 231 g/mol. The molecule has 0 aliphatic heterocycles. The van der Waals surface area contributed by atoms with Crippen molar-refractivity contribution in [1.82, 2.24) is 9.47 Å². The van der Waals surface area contributed by atoms with Crippen LogP contribution in [0.1, 0.15) is 10.5 Å². The lowest BCUT2D eigenvalue weighted by molar-refractivity contribution is 0.0814. The molecule has 84 valence electrons. The Hall–Kier alpha value is -1.34. The molecule has 0 aromatic carbocycles. The second kappa shape index (κ2) is 3.67. The molecule has 1 aromatic heterocycles. The summed E-state index contributed by atoms with van der Waals surface area (Å²) in [5.74, 6) is -0.397. The van der Waals surface area contributed by atoms with Crippen molar-refractivity contribution < 1.29 is 13.2 Å². The van der Waals surface area contributed by atoms with E-state index in [-0.39, 0.29) is 10.6 Å². The minimum Gasteiger partial charge on any atom is -0.345 e. The summed E-state index contributed by atoms with van der Waals surface area (Å²) >= 11 is 0. The normalized spacial score (nSPS) is 11.5. The highest BCUT2D eigenvalue weighted by atomic mass is 32.2. The van der Waals surface area contributed by atoms with E-state index in [9.17, 15) is 13.2 Å². The molecule has 1 rings (SSSR count). The molecule has 0 aliphatic rings. The third-order valence-electron chi connectivity index (χ3n) is 1.95. The van der Waals surface area contributed by atoms with Crippen LogP contribution in [0.4, 0.5) is 0 Å². The molecule has 0 bridgehead atoms. The van der Waals surface area contributed by atoms with Crippen molar-refractivity contribution in [1.29, 1.82) is 0 Å². The van der Waals surface area contributed by atoms with Gasteiger partial charge in [0, 0.05) is 27.3 Å². The predicted octanol–water partition coefficient (Wildman–Crippen LogP) is -0.626. The fraction of sp³-hybridized carbons (Fsp3) is 0.375. The number of carbonyl (C=O) groups is 1. The van der Waals surface area contributed by atoms with Crippen LogP contribution in [0.5, 0.6) is 0 Å². The van der Waals surface area contributed by atoms with Crippen LogP contribution in [0.25, 0.3) is 0 Å². The van der Waals surface area contributed by atoms with Gasteiger partial charge in [0.1, 0.15) is 10.6 Å². The fourth-order valence-electron chi connectivity index (χ4n) is 1.20. The number of amides is 1. The SMILES string of the molecule is CN(C)C(=O)c1c(S(N)(=O)=O)ccn1C. The van der Waals surface area contributed by atoms with E-state index in [1.807, 2.05) is 0 Å². The largest absolute Gasteiger partial charge is 0.345 e. The highest BCUT2D eigenvalue weighted by molar-refractivity contribution is 7.89. The van der Waals surface area contributed by atoms with E-state index in [2.05, 4.69) is 0 Å². The number of carbonyl (C=O) groups excluding carboxylic acids is 1. The summed E-state index contributed by atoms with van der Waals surface area (Å²) < 4.78 is 23.8. The molecule has 15 heavy (non-hydrogen) atoms. The zero-order valence-corrected chi connectivity index (χ0v) is 9.58. The molecule has 2 N–H and O–H groups in total. The van der Waals surface area contributed by atoms with E-state index in [0.717, 1.165) is 0 Å². The van der Waals surface area contributed by atoms with E-state index in [1.165, 1.54) is 21.7 Å². The van der Waals surface area contributed by atoms with E-state index < -0.39 is 15.9 Å². The first-order valence-electron chi connectivity index (χ1n) is 4.15. The molecule has 0 fully saturated rings. The van der Waals surface area contributed by atoms with E-state index in [4.69, 9.17) is 5.14 Å². The summed E-state index contributed by atoms with van der Waals surface area (Å²) in [5, 5.41) is 5.00. The van der Waals surface area contributed by atoms with Gasteiger partial charge in [0.25, 0.3) is 5.91 Å². The summed E-state index contributed by atoms with van der Waals surface area (Å²) in [4.78, 5) is 12.8. The summed E-state index contributed by atoms with van der Waals surface area (Å²) in [6, 6.07) is 1.31.